The summed E-state index contributed by atoms with van der Waals surface area (Å²) in [5.74, 6) is -0.114. The van der Waals surface area contributed by atoms with Crippen molar-refractivity contribution in [2.45, 2.75) is 44.9 Å². The SMILES string of the molecule is C=CCc1ccccc1N(COCCCC)C(=O)C(Cl)CC. The number of anilines is 1. The average molecular weight is 324 g/mol. The van der Waals surface area contributed by atoms with Crippen molar-refractivity contribution in [3.63, 3.8) is 0 Å². The minimum absolute atomic E-state index is 0.114. The fraction of sp³-hybridized carbons (Fsp3) is 0.500. The van der Waals surface area contributed by atoms with Crippen molar-refractivity contribution < 1.29 is 9.53 Å². The van der Waals surface area contributed by atoms with E-state index in [1.54, 1.807) is 4.90 Å². The topological polar surface area (TPSA) is 29.5 Å². The number of nitrogens with zero attached hydrogens (tertiary/aromatic N) is 1. The van der Waals surface area contributed by atoms with Crippen LogP contribution in [0.15, 0.2) is 36.9 Å². The minimum Gasteiger partial charge on any atom is -0.361 e. The number of halogens is 1. The van der Waals surface area contributed by atoms with Gasteiger partial charge < -0.3 is 4.74 Å². The number of allylic oxidation sites excluding steroid dienone is 1. The van der Waals surface area contributed by atoms with Crippen molar-refractivity contribution in [2.24, 2.45) is 0 Å². The Kier molecular flexibility index (Phi) is 8.86. The third kappa shape index (κ3) is 5.47. The molecule has 1 unspecified atom stereocenters. The molecule has 0 heterocycles. The molecule has 0 aromatic heterocycles. The van der Waals surface area contributed by atoms with Crippen LogP contribution in [0.4, 0.5) is 5.69 Å². The van der Waals surface area contributed by atoms with Crippen LogP contribution in [-0.2, 0) is 16.0 Å². The molecule has 1 aromatic rings. The Morgan fingerprint density at radius 2 is 2.14 bits per heavy atom. The third-order valence-electron chi connectivity index (χ3n) is 3.40. The van der Waals surface area contributed by atoms with Gasteiger partial charge >= 0.3 is 0 Å². The van der Waals surface area contributed by atoms with E-state index in [0.717, 1.165) is 24.1 Å². The minimum atomic E-state index is -0.536. The maximum absolute atomic E-state index is 12.6. The Morgan fingerprint density at radius 3 is 2.77 bits per heavy atom. The quantitative estimate of drug-likeness (QED) is 0.274. The first-order valence-electron chi connectivity index (χ1n) is 7.87. The van der Waals surface area contributed by atoms with E-state index in [9.17, 15) is 4.79 Å². The first-order chi connectivity index (χ1) is 10.7. The Morgan fingerprint density at radius 1 is 1.41 bits per heavy atom. The molecule has 4 heteroatoms. The van der Waals surface area contributed by atoms with Crippen LogP contribution in [0, 0.1) is 0 Å². The zero-order valence-corrected chi connectivity index (χ0v) is 14.3. The van der Waals surface area contributed by atoms with Gasteiger partial charge in [0.15, 0.2) is 0 Å². The van der Waals surface area contributed by atoms with Gasteiger partial charge in [-0.15, -0.1) is 18.2 Å². The number of hydrogen-bond donors (Lipinski definition) is 0. The van der Waals surface area contributed by atoms with Crippen molar-refractivity contribution in [2.75, 3.05) is 18.2 Å². The van der Waals surface area contributed by atoms with Crippen LogP contribution < -0.4 is 4.90 Å². The molecule has 0 spiro atoms. The van der Waals surface area contributed by atoms with Crippen LogP contribution in [0.5, 0.6) is 0 Å². The Labute approximate surface area is 138 Å². The Balaban J connectivity index is 2.98. The second kappa shape index (κ2) is 10.4. The van der Waals surface area contributed by atoms with Crippen LogP contribution in [0.2, 0.25) is 0 Å². The van der Waals surface area contributed by atoms with Crippen molar-refractivity contribution in [3.05, 3.63) is 42.5 Å². The maximum atomic E-state index is 12.6. The van der Waals surface area contributed by atoms with Crippen molar-refractivity contribution in [1.29, 1.82) is 0 Å². The van der Waals surface area contributed by atoms with E-state index < -0.39 is 5.38 Å². The lowest BCUT2D eigenvalue weighted by atomic mass is 10.1. The highest BCUT2D eigenvalue weighted by Crippen LogP contribution is 2.23. The molecule has 1 aromatic carbocycles. The van der Waals surface area contributed by atoms with E-state index >= 15 is 0 Å². The molecule has 1 amide bonds. The molecule has 0 saturated carbocycles. The smallest absolute Gasteiger partial charge is 0.246 e. The molecule has 0 N–H and O–H groups in total. The van der Waals surface area contributed by atoms with E-state index in [0.29, 0.717) is 19.4 Å². The molecule has 1 atom stereocenters. The second-order valence-corrected chi connectivity index (χ2v) is 5.68. The highest BCUT2D eigenvalue weighted by atomic mass is 35.5. The summed E-state index contributed by atoms with van der Waals surface area (Å²) in [4.78, 5) is 14.2. The van der Waals surface area contributed by atoms with Gasteiger partial charge in [-0.2, -0.15) is 0 Å². The van der Waals surface area contributed by atoms with E-state index in [1.807, 2.05) is 37.3 Å². The van der Waals surface area contributed by atoms with E-state index in [4.69, 9.17) is 16.3 Å². The molecule has 0 radical (unpaired) electrons. The van der Waals surface area contributed by atoms with Gasteiger partial charge in [0, 0.05) is 12.3 Å². The summed E-state index contributed by atoms with van der Waals surface area (Å²) in [5.41, 5.74) is 1.90. The lowest BCUT2D eigenvalue weighted by Gasteiger charge is -2.26. The number of hydrogen-bond acceptors (Lipinski definition) is 2. The molecular formula is C18H26ClNO2. The highest BCUT2D eigenvalue weighted by Gasteiger charge is 2.24. The van der Waals surface area contributed by atoms with E-state index in [-0.39, 0.29) is 12.6 Å². The summed E-state index contributed by atoms with van der Waals surface area (Å²) in [6.07, 6.45) is 5.17. The van der Waals surface area contributed by atoms with Gasteiger partial charge in [0.2, 0.25) is 5.91 Å². The molecule has 122 valence electrons. The van der Waals surface area contributed by atoms with E-state index in [2.05, 4.69) is 13.5 Å². The van der Waals surface area contributed by atoms with Crippen LogP contribution >= 0.6 is 11.6 Å². The molecule has 0 fully saturated rings. The first-order valence-corrected chi connectivity index (χ1v) is 8.31. The summed E-state index contributed by atoms with van der Waals surface area (Å²) in [6.45, 7) is 8.67. The van der Waals surface area contributed by atoms with Crippen molar-refractivity contribution >= 4 is 23.2 Å². The number of carbonyl (C=O) groups is 1. The van der Waals surface area contributed by atoms with Gasteiger partial charge in [-0.05, 0) is 30.9 Å². The lowest BCUT2D eigenvalue weighted by molar-refractivity contribution is -0.119. The average Bonchev–Trinajstić information content (AvgIpc) is 2.55. The summed E-state index contributed by atoms with van der Waals surface area (Å²) >= 11 is 6.16. The summed E-state index contributed by atoms with van der Waals surface area (Å²) < 4.78 is 5.66. The molecule has 1 rings (SSSR count). The Hall–Kier alpha value is -1.32. The summed E-state index contributed by atoms with van der Waals surface area (Å²) in [6, 6.07) is 7.81. The number of unbranched alkanes of at least 4 members (excludes halogenated alkanes) is 1. The third-order valence-corrected chi connectivity index (χ3v) is 3.90. The molecule has 0 aliphatic carbocycles. The summed E-state index contributed by atoms with van der Waals surface area (Å²) in [5, 5.41) is -0.536. The Bertz CT molecular complexity index is 476. The normalized spacial score (nSPS) is 12.0. The lowest BCUT2D eigenvalue weighted by Crippen LogP contribution is -2.39. The van der Waals surface area contributed by atoms with E-state index in [1.165, 1.54) is 0 Å². The number of para-hydroxylation sites is 1. The summed E-state index contributed by atoms with van der Waals surface area (Å²) in [7, 11) is 0. The zero-order valence-electron chi connectivity index (χ0n) is 13.6. The molecule has 3 nitrogen and oxygen atoms in total. The van der Waals surface area contributed by atoms with Gasteiger partial charge in [0.05, 0.1) is 0 Å². The number of carbonyl (C=O) groups excluding carboxylic acids is 1. The number of rotatable bonds is 10. The predicted molar refractivity (Wildman–Crippen MR) is 93.5 cm³/mol. The fourth-order valence-corrected chi connectivity index (χ4v) is 2.22. The standard InChI is InChI=1S/C18H26ClNO2/c1-4-7-13-22-14-20(18(21)16(19)6-3)17-12-9-8-11-15(17)10-5-2/h5,8-9,11-12,16H,2,4,6-7,10,13-14H2,1,3H3. The predicted octanol–water partition coefficient (Wildman–Crippen LogP) is 4.54. The molecule has 0 bridgehead atoms. The fourth-order valence-electron chi connectivity index (χ4n) is 2.10. The van der Waals surface area contributed by atoms with Gasteiger partial charge in [0.25, 0.3) is 0 Å². The number of ether oxygens (including phenoxy) is 1. The van der Waals surface area contributed by atoms with Crippen molar-refractivity contribution in [1.82, 2.24) is 0 Å². The monoisotopic (exact) mass is 323 g/mol. The van der Waals surface area contributed by atoms with Crippen molar-refractivity contribution in [3.8, 4) is 0 Å². The van der Waals surface area contributed by atoms with Gasteiger partial charge in [0.1, 0.15) is 12.1 Å². The van der Waals surface area contributed by atoms with Gasteiger partial charge in [-0.3, -0.25) is 9.69 Å². The molecule has 0 aliphatic rings. The highest BCUT2D eigenvalue weighted by molar-refractivity contribution is 6.32. The maximum Gasteiger partial charge on any atom is 0.246 e. The zero-order chi connectivity index (χ0) is 16.4. The molecule has 0 saturated heterocycles. The van der Waals surface area contributed by atoms with Crippen LogP contribution in [-0.4, -0.2) is 24.6 Å². The van der Waals surface area contributed by atoms with Crippen LogP contribution in [0.3, 0.4) is 0 Å². The molecular weight excluding hydrogens is 298 g/mol. The van der Waals surface area contributed by atoms with Gasteiger partial charge in [-0.25, -0.2) is 0 Å². The van der Waals surface area contributed by atoms with Crippen LogP contribution in [0.25, 0.3) is 0 Å². The number of alkyl halides is 1. The molecule has 22 heavy (non-hydrogen) atoms. The van der Waals surface area contributed by atoms with Crippen LogP contribution in [0.1, 0.15) is 38.7 Å². The first kappa shape index (κ1) is 18.7. The largest absolute Gasteiger partial charge is 0.361 e. The molecule has 0 aliphatic heterocycles. The second-order valence-electron chi connectivity index (χ2n) is 5.15. The number of amides is 1. The van der Waals surface area contributed by atoms with Gasteiger partial charge in [-0.1, -0.05) is 44.5 Å². The number of benzene rings is 1.